The zero-order valence-corrected chi connectivity index (χ0v) is 17.6. The van der Waals surface area contributed by atoms with Gasteiger partial charge in [0.25, 0.3) is 0 Å². The minimum atomic E-state index is -3.31. The van der Waals surface area contributed by atoms with Gasteiger partial charge in [0.2, 0.25) is 10.0 Å². The number of hydrogen-bond donors (Lipinski definition) is 2. The third-order valence-electron chi connectivity index (χ3n) is 4.13. The lowest BCUT2D eigenvalue weighted by molar-refractivity contribution is -0.0440. The summed E-state index contributed by atoms with van der Waals surface area (Å²) in [4.78, 5) is 5.76. The summed E-state index contributed by atoms with van der Waals surface area (Å²) in [6, 6.07) is 2.08. The molecule has 0 bridgehead atoms. The molecule has 1 aromatic heterocycles. The fourth-order valence-electron chi connectivity index (χ4n) is 2.84. The lowest BCUT2D eigenvalue weighted by Crippen LogP contribution is -2.50. The summed E-state index contributed by atoms with van der Waals surface area (Å²) in [5, 5.41) is 8.34. The van der Waals surface area contributed by atoms with Gasteiger partial charge in [0.05, 0.1) is 24.5 Å². The number of nitrogens with zero attached hydrogens (tertiary/aromatic N) is 2. The van der Waals surface area contributed by atoms with Gasteiger partial charge in [-0.3, -0.25) is 0 Å². The van der Waals surface area contributed by atoms with Gasteiger partial charge in [0.15, 0.2) is 5.96 Å². The Kier molecular flexibility index (Phi) is 7.87. The number of sulfonamides is 1. The first-order valence-electron chi connectivity index (χ1n) is 9.00. The number of nitrogens with one attached hydrogen (secondary N) is 2. The standard InChI is InChI=1S/C17H30N4O3S2/c1-5-18-17(20-10-16-13(2)6-8-25-16)19-7-9-26(22,23)21-11-14(3)24-15(4)12-21/h6,8,14-15H,5,7,9-12H2,1-4H3,(H2,18,19,20). The van der Waals surface area contributed by atoms with Crippen LogP contribution in [0.15, 0.2) is 16.4 Å². The Balaban J connectivity index is 1.89. The molecule has 0 aromatic carbocycles. The summed E-state index contributed by atoms with van der Waals surface area (Å²) in [5.74, 6) is 0.675. The van der Waals surface area contributed by atoms with Crippen LogP contribution in [0.5, 0.6) is 0 Å². The summed E-state index contributed by atoms with van der Waals surface area (Å²) in [5.41, 5.74) is 1.23. The molecule has 2 N–H and O–H groups in total. The molecule has 0 saturated carbocycles. The number of hydrogen-bond acceptors (Lipinski definition) is 5. The van der Waals surface area contributed by atoms with Crippen molar-refractivity contribution in [2.45, 2.75) is 46.4 Å². The van der Waals surface area contributed by atoms with Gasteiger partial charge in [-0.1, -0.05) is 0 Å². The zero-order valence-electron chi connectivity index (χ0n) is 16.0. The van der Waals surface area contributed by atoms with Crippen LogP contribution in [-0.4, -0.2) is 62.8 Å². The minimum Gasteiger partial charge on any atom is -0.373 e. The van der Waals surface area contributed by atoms with Crippen molar-refractivity contribution < 1.29 is 13.2 Å². The molecule has 2 rings (SSSR count). The SMILES string of the molecule is CCNC(=NCc1sccc1C)NCCS(=O)(=O)N1CC(C)OC(C)C1. The number of rotatable bonds is 7. The predicted molar refractivity (Wildman–Crippen MR) is 107 cm³/mol. The molecule has 1 fully saturated rings. The van der Waals surface area contributed by atoms with E-state index in [1.807, 2.05) is 20.8 Å². The molecule has 7 nitrogen and oxygen atoms in total. The number of morpholine rings is 1. The first-order chi connectivity index (χ1) is 12.3. The second-order valence-corrected chi connectivity index (χ2v) is 9.63. The van der Waals surface area contributed by atoms with Gasteiger partial charge in [-0.2, -0.15) is 4.31 Å². The summed E-state index contributed by atoms with van der Waals surface area (Å²) < 4.78 is 32.3. The molecule has 1 aliphatic rings. The average Bonchev–Trinajstić information content (AvgIpc) is 2.96. The van der Waals surface area contributed by atoms with E-state index >= 15 is 0 Å². The van der Waals surface area contributed by atoms with Crippen molar-refractivity contribution in [2.75, 3.05) is 31.9 Å². The molecule has 148 valence electrons. The van der Waals surface area contributed by atoms with Gasteiger partial charge < -0.3 is 15.4 Å². The Labute approximate surface area is 160 Å². The molecule has 26 heavy (non-hydrogen) atoms. The molecule has 9 heteroatoms. The van der Waals surface area contributed by atoms with Crippen molar-refractivity contribution in [1.82, 2.24) is 14.9 Å². The van der Waals surface area contributed by atoms with Crippen molar-refractivity contribution in [3.8, 4) is 0 Å². The molecule has 1 aliphatic heterocycles. The Bertz CT molecular complexity index is 693. The van der Waals surface area contributed by atoms with E-state index in [0.717, 1.165) is 6.54 Å². The van der Waals surface area contributed by atoms with Gasteiger partial charge in [-0.05, 0) is 44.7 Å². The van der Waals surface area contributed by atoms with Crippen LogP contribution in [0, 0.1) is 6.92 Å². The van der Waals surface area contributed by atoms with Gasteiger partial charge >= 0.3 is 0 Å². The summed E-state index contributed by atoms with van der Waals surface area (Å²) in [7, 11) is -3.31. The molecule has 0 amide bonds. The van der Waals surface area contributed by atoms with E-state index in [4.69, 9.17) is 4.74 Å². The normalized spacial score (nSPS) is 22.4. The molecule has 2 heterocycles. The van der Waals surface area contributed by atoms with Gasteiger partial charge in [0.1, 0.15) is 0 Å². The van der Waals surface area contributed by atoms with Crippen LogP contribution in [0.25, 0.3) is 0 Å². The highest BCUT2D eigenvalue weighted by molar-refractivity contribution is 7.89. The first kappa shape index (κ1) is 21.1. The number of ether oxygens (including phenoxy) is 1. The van der Waals surface area contributed by atoms with E-state index in [-0.39, 0.29) is 18.0 Å². The predicted octanol–water partition coefficient (Wildman–Crippen LogP) is 1.55. The van der Waals surface area contributed by atoms with Crippen LogP contribution in [0.1, 0.15) is 31.2 Å². The number of aliphatic imine (C=N–C) groups is 1. The van der Waals surface area contributed by atoms with Gasteiger partial charge in [-0.25, -0.2) is 13.4 Å². The second kappa shape index (κ2) is 9.68. The van der Waals surface area contributed by atoms with Crippen LogP contribution in [0.3, 0.4) is 0 Å². The molecule has 0 radical (unpaired) electrons. The molecule has 0 aliphatic carbocycles. The average molecular weight is 403 g/mol. The Morgan fingerprint density at radius 1 is 1.35 bits per heavy atom. The molecular weight excluding hydrogens is 372 g/mol. The van der Waals surface area contributed by atoms with E-state index in [0.29, 0.717) is 32.1 Å². The molecule has 1 aromatic rings. The highest BCUT2D eigenvalue weighted by Gasteiger charge is 2.30. The Morgan fingerprint density at radius 3 is 2.62 bits per heavy atom. The highest BCUT2D eigenvalue weighted by atomic mass is 32.2. The first-order valence-corrected chi connectivity index (χ1v) is 11.5. The van der Waals surface area contributed by atoms with Crippen LogP contribution < -0.4 is 10.6 Å². The van der Waals surface area contributed by atoms with Gasteiger partial charge in [-0.15, -0.1) is 11.3 Å². The Morgan fingerprint density at radius 2 is 2.04 bits per heavy atom. The fourth-order valence-corrected chi connectivity index (χ4v) is 5.17. The third-order valence-corrected chi connectivity index (χ3v) is 6.94. The van der Waals surface area contributed by atoms with E-state index in [9.17, 15) is 8.42 Å². The largest absolute Gasteiger partial charge is 0.373 e. The number of aryl methyl sites for hydroxylation is 1. The lowest BCUT2D eigenvalue weighted by Gasteiger charge is -2.34. The van der Waals surface area contributed by atoms with E-state index in [2.05, 4.69) is 34.0 Å². The Hall–Kier alpha value is -1.16. The molecule has 2 atom stereocenters. The van der Waals surface area contributed by atoms with E-state index in [1.165, 1.54) is 14.7 Å². The molecule has 2 unspecified atom stereocenters. The smallest absolute Gasteiger partial charge is 0.216 e. The molecule has 0 spiro atoms. The molecular formula is C17H30N4O3S2. The van der Waals surface area contributed by atoms with Gasteiger partial charge in [0, 0.05) is 31.1 Å². The maximum absolute atomic E-state index is 12.6. The highest BCUT2D eigenvalue weighted by Crippen LogP contribution is 2.16. The number of guanidine groups is 1. The van der Waals surface area contributed by atoms with Crippen LogP contribution in [-0.2, 0) is 21.3 Å². The van der Waals surface area contributed by atoms with E-state index in [1.54, 1.807) is 11.3 Å². The molecule has 1 saturated heterocycles. The minimum absolute atomic E-state index is 0.0366. The quantitative estimate of drug-likeness (QED) is 0.534. The van der Waals surface area contributed by atoms with E-state index < -0.39 is 10.0 Å². The fraction of sp³-hybridized carbons (Fsp3) is 0.706. The maximum atomic E-state index is 12.6. The lowest BCUT2D eigenvalue weighted by atomic mass is 10.3. The summed E-state index contributed by atoms with van der Waals surface area (Å²) in [6.45, 7) is 10.3. The third kappa shape index (κ3) is 6.22. The van der Waals surface area contributed by atoms with Crippen LogP contribution in [0.4, 0.5) is 0 Å². The monoisotopic (exact) mass is 402 g/mol. The maximum Gasteiger partial charge on any atom is 0.216 e. The second-order valence-electron chi connectivity index (χ2n) is 6.54. The van der Waals surface area contributed by atoms with Crippen molar-refractivity contribution in [3.05, 3.63) is 21.9 Å². The van der Waals surface area contributed by atoms with Crippen molar-refractivity contribution >= 4 is 27.3 Å². The summed E-state index contributed by atoms with van der Waals surface area (Å²) in [6.07, 6.45) is -0.149. The van der Waals surface area contributed by atoms with Crippen molar-refractivity contribution in [2.24, 2.45) is 4.99 Å². The topological polar surface area (TPSA) is 83.0 Å². The van der Waals surface area contributed by atoms with Crippen molar-refractivity contribution in [3.63, 3.8) is 0 Å². The summed E-state index contributed by atoms with van der Waals surface area (Å²) >= 11 is 1.68. The van der Waals surface area contributed by atoms with Crippen LogP contribution in [0.2, 0.25) is 0 Å². The van der Waals surface area contributed by atoms with Crippen LogP contribution >= 0.6 is 11.3 Å². The van der Waals surface area contributed by atoms with Crippen molar-refractivity contribution in [1.29, 1.82) is 0 Å². The zero-order chi connectivity index (χ0) is 19.2. The number of thiophene rings is 1.